The van der Waals surface area contributed by atoms with Crippen LogP contribution in [0.4, 0.5) is 0 Å². The van der Waals surface area contributed by atoms with Gasteiger partial charge in [0, 0.05) is 22.3 Å². The Kier molecular flexibility index (Phi) is 15.7. The molecule has 8 heteroatoms. The summed E-state index contributed by atoms with van der Waals surface area (Å²) in [6.07, 6.45) is -0.399. The summed E-state index contributed by atoms with van der Waals surface area (Å²) in [7, 11) is -3.71. The van der Waals surface area contributed by atoms with E-state index in [0.29, 0.717) is 0 Å². The van der Waals surface area contributed by atoms with Crippen LogP contribution in [-0.4, -0.2) is 18.1 Å². The molecule has 0 aliphatic carbocycles. The van der Waals surface area contributed by atoms with Gasteiger partial charge in [-0.25, -0.2) is 0 Å². The molecular weight excluding hydrogens is 783 g/mol. The van der Waals surface area contributed by atoms with Crippen LogP contribution in [0, 0.1) is 33.6 Å². The Morgan fingerprint density at radius 2 is 0.717 bits per heavy atom. The Morgan fingerprint density at radius 3 is 0.983 bits per heavy atom. The summed E-state index contributed by atoms with van der Waals surface area (Å²) in [4.78, 5) is 0. The van der Waals surface area contributed by atoms with Crippen LogP contribution in [0.15, 0.2) is 72.8 Å². The van der Waals surface area contributed by atoms with Crippen molar-refractivity contribution in [3.8, 4) is 23.0 Å². The van der Waals surface area contributed by atoms with E-state index in [2.05, 4.69) is 211 Å². The van der Waals surface area contributed by atoms with E-state index in [1.807, 2.05) is 0 Å². The molecule has 0 saturated heterocycles. The largest absolute Gasteiger partial charge is 0.463 e. The quantitative estimate of drug-likeness (QED) is 0.111. The van der Waals surface area contributed by atoms with Crippen LogP contribution in [-0.2, 0) is 30.9 Å². The predicted octanol–water partition coefficient (Wildman–Crippen LogP) is 16.1. The Hall–Kier alpha value is -3.14. The van der Waals surface area contributed by atoms with E-state index in [4.69, 9.17) is 27.4 Å². The highest BCUT2D eigenvalue weighted by atomic mass is 31.2. The van der Waals surface area contributed by atoms with Crippen LogP contribution < -0.4 is 18.1 Å². The third-order valence-corrected chi connectivity index (χ3v) is 13.6. The fourth-order valence-electron chi connectivity index (χ4n) is 6.87. The number of aryl methyl sites for hydroxylation is 4. The monoisotopic (exact) mass is 859 g/mol. The van der Waals surface area contributed by atoms with Crippen LogP contribution in [0.1, 0.15) is 155 Å². The maximum absolute atomic E-state index is 7.17. The van der Waals surface area contributed by atoms with E-state index in [9.17, 15) is 0 Å². The third kappa shape index (κ3) is 12.5. The SMILES string of the molecule is Cc1cccc(C(C)(C)C)c1OP(Oc1c(C)cccc1C(C)(C)C)OC(COC(C)(C)P(Oc1c(C)cccc1C(C)(C)C)Oc1c(C)cccc1C(C)(C)C)C(C)C. The Balaban J connectivity index is 1.79. The lowest BCUT2D eigenvalue weighted by Gasteiger charge is -2.37. The summed E-state index contributed by atoms with van der Waals surface area (Å²) in [6, 6.07) is 25.3. The number of hydrogen-bond acceptors (Lipinski definition) is 6. The van der Waals surface area contributed by atoms with Gasteiger partial charge in [0.1, 0.15) is 23.0 Å². The normalized spacial score (nSPS) is 13.6. The highest BCUT2D eigenvalue weighted by Gasteiger charge is 2.42. The minimum absolute atomic E-state index is 0.0525. The molecule has 4 aromatic rings. The first-order valence-corrected chi connectivity index (χ1v) is 23.8. The molecule has 0 spiro atoms. The van der Waals surface area contributed by atoms with E-state index in [-0.39, 0.29) is 34.2 Å². The van der Waals surface area contributed by atoms with Crippen molar-refractivity contribution in [3.05, 3.63) is 117 Å². The average molecular weight is 859 g/mol. The van der Waals surface area contributed by atoms with Gasteiger partial charge in [-0.2, -0.15) is 0 Å². The molecule has 0 fully saturated rings. The molecule has 0 aliphatic heterocycles. The van der Waals surface area contributed by atoms with Gasteiger partial charge in [-0.3, -0.25) is 4.52 Å². The Bertz CT molecular complexity index is 1930. The van der Waals surface area contributed by atoms with Gasteiger partial charge in [0.2, 0.25) is 0 Å². The standard InChI is InChI=1S/C52H76O6P2/c1-34(2)43(54-60(57-46-37(5)27-23-31-41(46)50(13,14)15)58-47-38(6)28-24-32-42(47)51(16,17)18)33-53-52(19,20)59(55-44-35(3)25-21-29-39(44)48(7,8)9)56-45-36(4)26-22-30-40(45)49(10,11)12/h21-32,34,43H,33H2,1-20H3. The summed E-state index contributed by atoms with van der Waals surface area (Å²) >= 11 is 0. The van der Waals surface area contributed by atoms with Crippen molar-refractivity contribution < 1.29 is 27.4 Å². The zero-order valence-corrected chi connectivity index (χ0v) is 42.4. The molecule has 0 aliphatic rings. The van der Waals surface area contributed by atoms with Gasteiger partial charge >= 0.3 is 17.0 Å². The summed E-state index contributed by atoms with van der Waals surface area (Å²) in [6.45, 7) is 43.6. The van der Waals surface area contributed by atoms with Crippen molar-refractivity contribution in [1.29, 1.82) is 0 Å². The van der Waals surface area contributed by atoms with E-state index in [0.717, 1.165) is 67.5 Å². The molecular formula is C52H76O6P2. The van der Waals surface area contributed by atoms with Crippen molar-refractivity contribution >= 4 is 17.0 Å². The smallest absolute Gasteiger partial charge is 0.436 e. The maximum atomic E-state index is 7.17. The van der Waals surface area contributed by atoms with Crippen LogP contribution >= 0.6 is 17.0 Å². The van der Waals surface area contributed by atoms with Gasteiger partial charge in [0.25, 0.3) is 0 Å². The molecule has 6 nitrogen and oxygen atoms in total. The van der Waals surface area contributed by atoms with Crippen molar-refractivity contribution in [2.75, 3.05) is 6.61 Å². The van der Waals surface area contributed by atoms with Crippen LogP contribution in [0.2, 0.25) is 0 Å². The highest BCUT2D eigenvalue weighted by Crippen LogP contribution is 2.57. The second-order valence-electron chi connectivity index (χ2n) is 21.3. The lowest BCUT2D eigenvalue weighted by Crippen LogP contribution is -2.34. The molecule has 1 unspecified atom stereocenters. The summed E-state index contributed by atoms with van der Waals surface area (Å²) in [5.41, 5.74) is 7.93. The fourth-order valence-corrected chi connectivity index (χ4v) is 9.77. The minimum atomic E-state index is -1.97. The first-order chi connectivity index (χ1) is 27.5. The molecule has 0 aromatic heterocycles. The second kappa shape index (κ2) is 19.1. The molecule has 0 saturated carbocycles. The Morgan fingerprint density at radius 1 is 0.433 bits per heavy atom. The zero-order valence-electron chi connectivity index (χ0n) is 40.6. The topological polar surface area (TPSA) is 55.4 Å². The zero-order chi connectivity index (χ0) is 45.2. The van der Waals surface area contributed by atoms with Crippen molar-refractivity contribution in [1.82, 2.24) is 0 Å². The van der Waals surface area contributed by atoms with Gasteiger partial charge in [-0.05, 0) is 91.4 Å². The molecule has 330 valence electrons. The van der Waals surface area contributed by atoms with Crippen molar-refractivity contribution in [3.63, 3.8) is 0 Å². The van der Waals surface area contributed by atoms with Crippen LogP contribution in [0.25, 0.3) is 0 Å². The molecule has 4 aromatic carbocycles. The average Bonchev–Trinajstić information content (AvgIpc) is 3.10. The molecule has 0 N–H and O–H groups in total. The minimum Gasteiger partial charge on any atom is -0.436 e. The summed E-state index contributed by atoms with van der Waals surface area (Å²) < 4.78 is 42.4. The van der Waals surface area contributed by atoms with Gasteiger partial charge < -0.3 is 22.8 Å². The molecule has 0 radical (unpaired) electrons. The number of rotatable bonds is 15. The molecule has 0 amide bonds. The second-order valence-corrected chi connectivity index (χ2v) is 24.3. The number of para-hydroxylation sites is 4. The molecule has 1 atom stereocenters. The van der Waals surface area contributed by atoms with Crippen molar-refractivity contribution in [2.24, 2.45) is 5.92 Å². The Labute approximate surface area is 367 Å². The van der Waals surface area contributed by atoms with Crippen molar-refractivity contribution in [2.45, 2.75) is 172 Å². The molecule has 0 heterocycles. The first kappa shape index (κ1) is 49.5. The van der Waals surface area contributed by atoms with E-state index in [1.165, 1.54) is 0 Å². The fraction of sp³-hybridized carbons (Fsp3) is 0.538. The number of hydrogen-bond donors (Lipinski definition) is 0. The summed E-state index contributed by atoms with van der Waals surface area (Å²) in [5, 5.41) is -0.893. The van der Waals surface area contributed by atoms with Gasteiger partial charge in [0.15, 0.2) is 5.34 Å². The molecule has 4 rings (SSSR count). The molecule has 60 heavy (non-hydrogen) atoms. The lowest BCUT2D eigenvalue weighted by molar-refractivity contribution is -0.0277. The van der Waals surface area contributed by atoms with Gasteiger partial charge in [-0.15, -0.1) is 0 Å². The van der Waals surface area contributed by atoms with Crippen LogP contribution in [0.5, 0.6) is 23.0 Å². The van der Waals surface area contributed by atoms with E-state index in [1.54, 1.807) is 0 Å². The van der Waals surface area contributed by atoms with Gasteiger partial charge in [0.05, 0.1) is 12.7 Å². The number of ether oxygens (including phenoxy) is 1. The summed E-state index contributed by atoms with van der Waals surface area (Å²) in [5.74, 6) is 3.30. The van der Waals surface area contributed by atoms with E-state index < -0.39 is 28.4 Å². The first-order valence-electron chi connectivity index (χ1n) is 21.6. The lowest BCUT2D eigenvalue weighted by atomic mass is 9.85. The molecule has 0 bridgehead atoms. The maximum Gasteiger partial charge on any atom is 0.463 e. The third-order valence-electron chi connectivity index (χ3n) is 10.8. The van der Waals surface area contributed by atoms with Gasteiger partial charge in [-0.1, -0.05) is 170 Å². The predicted molar refractivity (Wildman–Crippen MR) is 256 cm³/mol. The van der Waals surface area contributed by atoms with Crippen LogP contribution in [0.3, 0.4) is 0 Å². The highest BCUT2D eigenvalue weighted by molar-refractivity contribution is 7.49. The number of benzene rings is 4. The van der Waals surface area contributed by atoms with E-state index >= 15 is 0 Å².